The molecule has 0 fully saturated rings. The normalized spacial score (nSPS) is 11.1. The van der Waals surface area contributed by atoms with Crippen LogP contribution in [0.5, 0.6) is 5.75 Å². The fourth-order valence-electron chi connectivity index (χ4n) is 2.55. The van der Waals surface area contributed by atoms with Gasteiger partial charge in [0.05, 0.1) is 4.47 Å². The Bertz CT molecular complexity index is 794. The molecule has 0 spiro atoms. The molecule has 22 heavy (non-hydrogen) atoms. The highest BCUT2D eigenvalue weighted by molar-refractivity contribution is 9.10. The summed E-state index contributed by atoms with van der Waals surface area (Å²) in [7, 11) is 0. The number of H-pyrrole nitrogens is 1. The van der Waals surface area contributed by atoms with Crippen LogP contribution in [-0.2, 0) is 0 Å². The number of rotatable bonds is 3. The van der Waals surface area contributed by atoms with Gasteiger partial charge in [-0.05, 0) is 39.0 Å². The van der Waals surface area contributed by atoms with Crippen molar-refractivity contribution in [3.05, 3.63) is 58.7 Å². The van der Waals surface area contributed by atoms with Crippen LogP contribution < -0.4 is 0 Å². The van der Waals surface area contributed by atoms with Gasteiger partial charge in [0.2, 0.25) is 0 Å². The number of halogens is 1. The number of aromatic amines is 1. The van der Waals surface area contributed by atoms with Crippen LogP contribution in [0.3, 0.4) is 0 Å². The molecule has 0 aliphatic heterocycles. The summed E-state index contributed by atoms with van der Waals surface area (Å²) in [4.78, 5) is 0. The van der Waals surface area contributed by atoms with Crippen molar-refractivity contribution < 1.29 is 5.11 Å². The maximum atomic E-state index is 10.6. The van der Waals surface area contributed by atoms with Crippen molar-refractivity contribution in [3.63, 3.8) is 0 Å². The fourth-order valence-corrected chi connectivity index (χ4v) is 3.35. The topological polar surface area (TPSA) is 48.9 Å². The second-order valence-electron chi connectivity index (χ2n) is 5.53. The van der Waals surface area contributed by atoms with Crippen LogP contribution >= 0.6 is 15.9 Å². The number of phenolic OH excluding ortho intramolecular Hbond substituents is 1. The van der Waals surface area contributed by atoms with E-state index in [0.717, 1.165) is 32.4 Å². The van der Waals surface area contributed by atoms with E-state index < -0.39 is 0 Å². The molecule has 0 bridgehead atoms. The molecule has 0 aliphatic carbocycles. The van der Waals surface area contributed by atoms with Gasteiger partial charge in [0.25, 0.3) is 0 Å². The zero-order valence-electron chi connectivity index (χ0n) is 12.5. The molecule has 0 atom stereocenters. The molecular formula is C18H17BrN2O. The van der Waals surface area contributed by atoms with Gasteiger partial charge < -0.3 is 5.11 Å². The van der Waals surface area contributed by atoms with Crippen molar-refractivity contribution >= 4 is 15.9 Å². The molecule has 3 nitrogen and oxygen atoms in total. The van der Waals surface area contributed by atoms with Gasteiger partial charge in [0.1, 0.15) is 11.4 Å². The molecule has 0 saturated heterocycles. The molecule has 0 unspecified atom stereocenters. The first kappa shape index (κ1) is 14.9. The Labute approximate surface area is 138 Å². The maximum Gasteiger partial charge on any atom is 0.139 e. The van der Waals surface area contributed by atoms with Gasteiger partial charge in [0.15, 0.2) is 0 Å². The van der Waals surface area contributed by atoms with Crippen LogP contribution in [0.1, 0.15) is 25.3 Å². The van der Waals surface area contributed by atoms with Gasteiger partial charge in [-0.3, -0.25) is 5.10 Å². The zero-order chi connectivity index (χ0) is 15.7. The van der Waals surface area contributed by atoms with E-state index in [1.54, 1.807) is 0 Å². The van der Waals surface area contributed by atoms with Gasteiger partial charge in [0, 0.05) is 17.3 Å². The molecule has 1 aromatic heterocycles. The standard InChI is InChI=1S/C18H17BrN2O/c1-11(2)13-8-9-14(18(22)16(13)19)17-15(10-20-21-17)12-6-4-3-5-7-12/h3-11,22H,1-2H3,(H,20,21). The Morgan fingerprint density at radius 2 is 1.77 bits per heavy atom. The number of nitrogens with one attached hydrogen (secondary N) is 1. The molecule has 0 amide bonds. The molecule has 0 radical (unpaired) electrons. The number of aromatic nitrogens is 2. The first-order chi connectivity index (χ1) is 10.6. The lowest BCUT2D eigenvalue weighted by Gasteiger charge is -2.13. The highest BCUT2D eigenvalue weighted by Gasteiger charge is 2.18. The minimum atomic E-state index is 0.232. The van der Waals surface area contributed by atoms with Gasteiger partial charge in [-0.1, -0.05) is 50.2 Å². The third kappa shape index (κ3) is 2.55. The van der Waals surface area contributed by atoms with Crippen molar-refractivity contribution in [2.75, 3.05) is 0 Å². The summed E-state index contributed by atoms with van der Waals surface area (Å²) in [5, 5.41) is 17.8. The Hall–Kier alpha value is -2.07. The lowest BCUT2D eigenvalue weighted by Crippen LogP contribution is -1.92. The zero-order valence-corrected chi connectivity index (χ0v) is 14.1. The Morgan fingerprint density at radius 3 is 2.45 bits per heavy atom. The SMILES string of the molecule is CC(C)c1ccc(-c2n[nH]cc2-c2ccccc2)c(O)c1Br. The minimum absolute atomic E-state index is 0.232. The number of hydrogen-bond acceptors (Lipinski definition) is 2. The summed E-state index contributed by atoms with van der Waals surface area (Å²) < 4.78 is 0.738. The molecule has 0 saturated carbocycles. The van der Waals surface area contributed by atoms with Gasteiger partial charge in [-0.2, -0.15) is 5.10 Å². The summed E-state index contributed by atoms with van der Waals surface area (Å²) in [5.74, 6) is 0.567. The number of hydrogen-bond donors (Lipinski definition) is 2. The van der Waals surface area contributed by atoms with Crippen molar-refractivity contribution in [1.82, 2.24) is 10.2 Å². The van der Waals surface area contributed by atoms with Crippen LogP contribution in [0.2, 0.25) is 0 Å². The van der Waals surface area contributed by atoms with Crippen LogP contribution in [0.25, 0.3) is 22.4 Å². The summed E-state index contributed by atoms with van der Waals surface area (Å²) in [5.41, 5.74) is 4.59. The van der Waals surface area contributed by atoms with E-state index in [0.29, 0.717) is 5.92 Å². The highest BCUT2D eigenvalue weighted by Crippen LogP contribution is 2.42. The second-order valence-corrected chi connectivity index (χ2v) is 6.33. The third-order valence-corrected chi connectivity index (χ3v) is 4.58. The van der Waals surface area contributed by atoms with E-state index >= 15 is 0 Å². The molecule has 2 N–H and O–H groups in total. The van der Waals surface area contributed by atoms with E-state index in [2.05, 4.69) is 40.0 Å². The first-order valence-corrected chi connectivity index (χ1v) is 7.99. The van der Waals surface area contributed by atoms with Crippen molar-refractivity contribution in [2.24, 2.45) is 0 Å². The number of aromatic hydroxyl groups is 1. The molecule has 3 rings (SSSR count). The second kappa shape index (κ2) is 5.97. The monoisotopic (exact) mass is 356 g/mol. The predicted octanol–water partition coefficient (Wildman–Crippen LogP) is 5.34. The molecule has 3 aromatic rings. The number of nitrogens with zero attached hydrogens (tertiary/aromatic N) is 1. The predicted molar refractivity (Wildman–Crippen MR) is 92.9 cm³/mol. The van der Waals surface area contributed by atoms with Crippen molar-refractivity contribution in [3.8, 4) is 28.1 Å². The molecule has 4 heteroatoms. The quantitative estimate of drug-likeness (QED) is 0.665. The average molecular weight is 357 g/mol. The van der Waals surface area contributed by atoms with E-state index in [-0.39, 0.29) is 5.75 Å². The Morgan fingerprint density at radius 1 is 1.05 bits per heavy atom. The third-order valence-electron chi connectivity index (χ3n) is 3.75. The van der Waals surface area contributed by atoms with Gasteiger partial charge in [-0.15, -0.1) is 0 Å². The van der Waals surface area contributed by atoms with Gasteiger partial charge >= 0.3 is 0 Å². The average Bonchev–Trinajstić information content (AvgIpc) is 2.99. The van der Waals surface area contributed by atoms with E-state index in [1.165, 1.54) is 0 Å². The summed E-state index contributed by atoms with van der Waals surface area (Å²) in [6.45, 7) is 4.20. The van der Waals surface area contributed by atoms with Gasteiger partial charge in [-0.25, -0.2) is 0 Å². The van der Waals surface area contributed by atoms with Crippen LogP contribution in [0, 0.1) is 0 Å². The Balaban J connectivity index is 2.14. The minimum Gasteiger partial charge on any atom is -0.506 e. The maximum absolute atomic E-state index is 10.6. The fraction of sp³-hybridized carbons (Fsp3) is 0.167. The highest BCUT2D eigenvalue weighted by atomic mass is 79.9. The molecular weight excluding hydrogens is 340 g/mol. The summed E-state index contributed by atoms with van der Waals surface area (Å²) in [6, 6.07) is 14.0. The van der Waals surface area contributed by atoms with Crippen molar-refractivity contribution in [2.45, 2.75) is 19.8 Å². The van der Waals surface area contributed by atoms with Crippen LogP contribution in [0.15, 0.2) is 53.1 Å². The molecule has 112 valence electrons. The van der Waals surface area contributed by atoms with E-state index in [1.807, 2.05) is 48.7 Å². The van der Waals surface area contributed by atoms with E-state index in [9.17, 15) is 5.11 Å². The molecule has 1 heterocycles. The first-order valence-electron chi connectivity index (χ1n) is 7.20. The molecule has 2 aromatic carbocycles. The summed E-state index contributed by atoms with van der Waals surface area (Å²) in [6.07, 6.45) is 1.86. The van der Waals surface area contributed by atoms with Crippen LogP contribution in [-0.4, -0.2) is 15.3 Å². The molecule has 0 aliphatic rings. The van der Waals surface area contributed by atoms with Crippen LogP contribution in [0.4, 0.5) is 0 Å². The van der Waals surface area contributed by atoms with Crippen molar-refractivity contribution in [1.29, 1.82) is 0 Å². The summed E-state index contributed by atoms with van der Waals surface area (Å²) >= 11 is 3.51. The number of phenols is 1. The smallest absolute Gasteiger partial charge is 0.139 e. The number of benzene rings is 2. The Kier molecular flexibility index (Phi) is 4.03. The lowest BCUT2D eigenvalue weighted by molar-refractivity contribution is 0.472. The largest absolute Gasteiger partial charge is 0.506 e. The lowest BCUT2D eigenvalue weighted by atomic mass is 9.97. The van der Waals surface area contributed by atoms with E-state index in [4.69, 9.17) is 0 Å².